The zero-order valence-corrected chi connectivity index (χ0v) is 15.8. The van der Waals surface area contributed by atoms with Crippen molar-refractivity contribution in [3.8, 4) is 0 Å². The normalized spacial score (nSPS) is 18.9. The van der Waals surface area contributed by atoms with E-state index in [4.69, 9.17) is 11.6 Å². The highest BCUT2D eigenvalue weighted by molar-refractivity contribution is 6.35. The number of aromatic nitrogens is 1. The van der Waals surface area contributed by atoms with Gasteiger partial charge < -0.3 is 9.80 Å². The first-order valence-corrected chi connectivity index (χ1v) is 9.39. The molecule has 3 nitrogen and oxygen atoms in total. The van der Waals surface area contributed by atoms with Gasteiger partial charge in [-0.25, -0.2) is 9.37 Å². The van der Waals surface area contributed by atoms with Gasteiger partial charge in [0, 0.05) is 43.0 Å². The molecule has 0 spiro atoms. The Hall–Kier alpha value is -2.07. The van der Waals surface area contributed by atoms with Crippen LogP contribution in [-0.4, -0.2) is 41.0 Å². The summed E-state index contributed by atoms with van der Waals surface area (Å²) in [6, 6.07) is 7.62. The third kappa shape index (κ3) is 3.07. The molecule has 26 heavy (non-hydrogen) atoms. The lowest BCUT2D eigenvalue weighted by molar-refractivity contribution is 0.215. The van der Waals surface area contributed by atoms with E-state index in [0.717, 1.165) is 54.0 Å². The van der Waals surface area contributed by atoms with Crippen LogP contribution >= 0.6 is 11.6 Å². The van der Waals surface area contributed by atoms with Crippen molar-refractivity contribution in [3.05, 3.63) is 59.4 Å². The van der Waals surface area contributed by atoms with E-state index in [1.54, 1.807) is 6.07 Å². The Bertz CT molecular complexity index is 896. The van der Waals surface area contributed by atoms with E-state index in [9.17, 15) is 4.39 Å². The van der Waals surface area contributed by atoms with Crippen molar-refractivity contribution in [1.82, 2.24) is 14.8 Å². The van der Waals surface area contributed by atoms with Crippen LogP contribution in [0.4, 0.5) is 4.39 Å². The maximum atomic E-state index is 14.4. The second-order valence-corrected chi connectivity index (χ2v) is 7.75. The molecule has 1 aromatic heterocycles. The minimum atomic E-state index is -1.29. The number of hydrogen-bond acceptors (Lipinski definition) is 3. The Kier molecular flexibility index (Phi) is 4.19. The van der Waals surface area contributed by atoms with Crippen LogP contribution in [-0.2, 0) is 5.67 Å². The Morgan fingerprint density at radius 2 is 1.77 bits per heavy atom. The van der Waals surface area contributed by atoms with E-state index in [1.165, 1.54) is 0 Å². The number of alkyl halides is 1. The summed E-state index contributed by atoms with van der Waals surface area (Å²) in [5.41, 5.74) is 2.98. The molecule has 0 unspecified atom stereocenters. The van der Waals surface area contributed by atoms with Crippen LogP contribution in [0.25, 0.3) is 16.6 Å². The van der Waals surface area contributed by atoms with Crippen LogP contribution in [0.5, 0.6) is 0 Å². The maximum Gasteiger partial charge on any atom is 0.153 e. The quantitative estimate of drug-likeness (QED) is 0.756. The van der Waals surface area contributed by atoms with Gasteiger partial charge in [0.1, 0.15) is 0 Å². The van der Waals surface area contributed by atoms with Gasteiger partial charge in [-0.2, -0.15) is 0 Å². The van der Waals surface area contributed by atoms with Crippen molar-refractivity contribution in [2.75, 3.05) is 26.2 Å². The molecule has 4 rings (SSSR count). The molecule has 1 saturated heterocycles. The molecule has 0 atom stereocenters. The summed E-state index contributed by atoms with van der Waals surface area (Å²) < 4.78 is 14.4. The number of fused-ring (bicyclic) bond motifs is 1. The number of allylic oxidation sites excluding steroid dienone is 1. The van der Waals surface area contributed by atoms with Gasteiger partial charge in [-0.05, 0) is 37.5 Å². The third-order valence-electron chi connectivity index (χ3n) is 5.44. The fourth-order valence-electron chi connectivity index (χ4n) is 3.50. The van der Waals surface area contributed by atoms with E-state index >= 15 is 0 Å². The third-order valence-corrected chi connectivity index (χ3v) is 5.75. The van der Waals surface area contributed by atoms with Crippen LogP contribution in [0.2, 0.25) is 5.02 Å². The minimum absolute atomic E-state index is 0.452. The lowest BCUT2D eigenvalue weighted by atomic mass is 10.1. The first-order chi connectivity index (χ1) is 12.4. The second kappa shape index (κ2) is 6.27. The smallest absolute Gasteiger partial charge is 0.153 e. The highest BCUT2D eigenvalue weighted by Crippen LogP contribution is 2.49. The Labute approximate surface area is 158 Å². The number of nitrogens with zero attached hydrogens (tertiary/aromatic N) is 3. The maximum absolute atomic E-state index is 14.4. The fourth-order valence-corrected chi connectivity index (χ4v) is 3.76. The SMILES string of the molecule is C=C(C)N1CCN(C(=C)c2ccc3c(Cl)cc(C4(F)CC4)nc3c2)CC1. The van der Waals surface area contributed by atoms with Gasteiger partial charge in [0.15, 0.2) is 5.67 Å². The minimum Gasteiger partial charge on any atom is -0.372 e. The molecule has 0 amide bonds. The van der Waals surface area contributed by atoms with Gasteiger partial charge in [-0.1, -0.05) is 36.9 Å². The summed E-state index contributed by atoms with van der Waals surface area (Å²) in [5, 5.41) is 1.41. The number of hydrogen-bond donors (Lipinski definition) is 0. The Morgan fingerprint density at radius 3 is 2.38 bits per heavy atom. The van der Waals surface area contributed by atoms with E-state index in [1.807, 2.05) is 25.1 Å². The van der Waals surface area contributed by atoms with Gasteiger partial charge in [0.2, 0.25) is 0 Å². The van der Waals surface area contributed by atoms with Crippen molar-refractivity contribution in [2.24, 2.45) is 0 Å². The molecule has 2 aromatic rings. The van der Waals surface area contributed by atoms with Crippen molar-refractivity contribution in [3.63, 3.8) is 0 Å². The van der Waals surface area contributed by atoms with Crippen molar-refractivity contribution in [1.29, 1.82) is 0 Å². The summed E-state index contributed by atoms with van der Waals surface area (Å²) in [7, 11) is 0. The van der Waals surface area contributed by atoms with Crippen LogP contribution in [0.3, 0.4) is 0 Å². The van der Waals surface area contributed by atoms with Gasteiger partial charge in [-0.15, -0.1) is 0 Å². The van der Waals surface area contributed by atoms with Crippen LogP contribution in [0, 0.1) is 0 Å². The molecule has 1 aliphatic heterocycles. The number of rotatable bonds is 4. The molecule has 0 N–H and O–H groups in total. The molecule has 0 bridgehead atoms. The predicted molar refractivity (Wildman–Crippen MR) is 106 cm³/mol. The Morgan fingerprint density at radius 1 is 1.12 bits per heavy atom. The lowest BCUT2D eigenvalue weighted by Crippen LogP contribution is -2.44. The van der Waals surface area contributed by atoms with Gasteiger partial charge >= 0.3 is 0 Å². The number of halogens is 2. The highest BCUT2D eigenvalue weighted by atomic mass is 35.5. The number of pyridine rings is 1. The van der Waals surface area contributed by atoms with Crippen LogP contribution in [0.15, 0.2) is 43.1 Å². The predicted octanol–water partition coefficient (Wildman–Crippen LogP) is 4.97. The molecule has 5 heteroatoms. The van der Waals surface area contributed by atoms with Crippen molar-refractivity contribution >= 4 is 28.2 Å². The Balaban J connectivity index is 1.60. The van der Waals surface area contributed by atoms with Gasteiger partial charge in [-0.3, -0.25) is 0 Å². The van der Waals surface area contributed by atoms with E-state index in [-0.39, 0.29) is 0 Å². The molecule has 1 aromatic carbocycles. The topological polar surface area (TPSA) is 19.4 Å². The summed E-state index contributed by atoms with van der Waals surface area (Å²) in [4.78, 5) is 9.12. The molecule has 2 heterocycles. The molecule has 2 fully saturated rings. The zero-order chi connectivity index (χ0) is 18.5. The summed E-state index contributed by atoms with van der Waals surface area (Å²) in [5.74, 6) is 0. The zero-order valence-electron chi connectivity index (χ0n) is 15.1. The number of benzene rings is 1. The van der Waals surface area contributed by atoms with E-state index < -0.39 is 5.67 Å². The van der Waals surface area contributed by atoms with Crippen molar-refractivity contribution in [2.45, 2.75) is 25.4 Å². The first kappa shape index (κ1) is 17.3. The second-order valence-electron chi connectivity index (χ2n) is 7.34. The van der Waals surface area contributed by atoms with E-state index in [0.29, 0.717) is 23.6 Å². The molecule has 1 aliphatic carbocycles. The van der Waals surface area contributed by atoms with E-state index in [2.05, 4.69) is 27.9 Å². The van der Waals surface area contributed by atoms with Crippen LogP contribution < -0.4 is 0 Å². The molecule has 2 aliphatic rings. The standard InChI is InChI=1S/C21H23ClFN3/c1-14(2)25-8-10-26(11-9-25)15(3)16-4-5-17-18(22)13-20(21(23)6-7-21)24-19(17)12-16/h4-5,12-13H,1,3,6-11H2,2H3. The monoisotopic (exact) mass is 371 g/mol. The summed E-state index contributed by atoms with van der Waals surface area (Å²) in [6.07, 6.45) is 1.06. The lowest BCUT2D eigenvalue weighted by Gasteiger charge is -2.38. The molecular formula is C21H23ClFN3. The average molecular weight is 372 g/mol. The van der Waals surface area contributed by atoms with Crippen LogP contribution in [0.1, 0.15) is 31.0 Å². The van der Waals surface area contributed by atoms with Gasteiger partial charge in [0.25, 0.3) is 0 Å². The van der Waals surface area contributed by atoms with Gasteiger partial charge in [0.05, 0.1) is 16.2 Å². The summed E-state index contributed by atoms with van der Waals surface area (Å²) >= 11 is 6.37. The average Bonchev–Trinajstić information content (AvgIpc) is 3.39. The fraction of sp³-hybridized carbons (Fsp3) is 0.381. The first-order valence-electron chi connectivity index (χ1n) is 9.02. The molecule has 0 radical (unpaired) electrons. The number of piperazine rings is 1. The highest BCUT2D eigenvalue weighted by Gasteiger charge is 2.46. The molecular weight excluding hydrogens is 349 g/mol. The van der Waals surface area contributed by atoms with Crippen molar-refractivity contribution < 1.29 is 4.39 Å². The summed E-state index contributed by atoms with van der Waals surface area (Å²) in [6.45, 7) is 14.0. The molecule has 136 valence electrons. The molecule has 1 saturated carbocycles. The largest absolute Gasteiger partial charge is 0.372 e.